The van der Waals surface area contributed by atoms with E-state index in [1.165, 1.54) is 12.2 Å². The van der Waals surface area contributed by atoms with Crippen molar-refractivity contribution in [3.05, 3.63) is 25.3 Å². The normalized spacial score (nSPS) is 9.33. The van der Waals surface area contributed by atoms with Crippen molar-refractivity contribution < 1.29 is 9.59 Å². The number of hydrogen-bond donors (Lipinski definition) is 0. The van der Waals surface area contributed by atoms with Crippen LogP contribution in [-0.2, 0) is 9.59 Å². The van der Waals surface area contributed by atoms with E-state index in [9.17, 15) is 9.59 Å². The molecule has 0 spiro atoms. The van der Waals surface area contributed by atoms with Crippen LogP contribution in [0.25, 0.3) is 0 Å². The quantitative estimate of drug-likeness (QED) is 0.721. The number of carbonyl (C=O) groups is 2. The summed E-state index contributed by atoms with van der Waals surface area (Å²) >= 11 is 0. The highest BCUT2D eigenvalue weighted by molar-refractivity contribution is 5.87. The second-order valence-electron chi connectivity index (χ2n) is 4.49. The van der Waals surface area contributed by atoms with Gasteiger partial charge in [-0.3, -0.25) is 9.59 Å². The average molecular weight is 254 g/mol. The number of nitrogens with zero attached hydrogens (tertiary/aromatic N) is 2. The molecule has 0 aliphatic carbocycles. The zero-order chi connectivity index (χ0) is 14.9. The molecule has 0 N–H and O–H groups in total. The van der Waals surface area contributed by atoms with Crippen LogP contribution >= 0.6 is 0 Å². The Bertz CT molecular complexity index is 266. The van der Waals surface area contributed by atoms with Crippen molar-refractivity contribution in [2.24, 2.45) is 0 Å². The molecule has 0 rings (SSSR count). The first-order chi connectivity index (χ1) is 8.18. The van der Waals surface area contributed by atoms with E-state index < -0.39 is 0 Å². The van der Waals surface area contributed by atoms with Crippen LogP contribution in [-0.4, -0.2) is 47.8 Å². The second kappa shape index (κ2) is 9.45. The fourth-order valence-corrected chi connectivity index (χ4v) is 0.797. The summed E-state index contributed by atoms with van der Waals surface area (Å²) in [6.45, 7) is 14.6. The molecule has 0 atom stereocenters. The minimum atomic E-state index is -0.0231. The zero-order valence-corrected chi connectivity index (χ0v) is 12.4. The summed E-state index contributed by atoms with van der Waals surface area (Å²) in [5.41, 5.74) is 0. The van der Waals surface area contributed by atoms with Gasteiger partial charge in [0.15, 0.2) is 0 Å². The molecule has 0 radical (unpaired) electrons. The maximum absolute atomic E-state index is 10.8. The molecule has 0 aliphatic heterocycles. The summed E-state index contributed by atoms with van der Waals surface area (Å²) in [5.74, 6) is -0.0463. The summed E-state index contributed by atoms with van der Waals surface area (Å²) in [5, 5.41) is 0. The van der Waals surface area contributed by atoms with Gasteiger partial charge in [-0.15, -0.1) is 0 Å². The van der Waals surface area contributed by atoms with Crippen molar-refractivity contribution >= 4 is 11.8 Å². The van der Waals surface area contributed by atoms with Gasteiger partial charge in [-0.1, -0.05) is 13.2 Å². The molecule has 0 saturated carbocycles. The maximum atomic E-state index is 10.8. The predicted molar refractivity (Wildman–Crippen MR) is 76.2 cm³/mol. The molecule has 0 aromatic carbocycles. The molecule has 0 fully saturated rings. The van der Waals surface area contributed by atoms with Crippen LogP contribution in [0.5, 0.6) is 0 Å². The van der Waals surface area contributed by atoms with E-state index in [2.05, 4.69) is 13.2 Å². The van der Waals surface area contributed by atoms with Crippen LogP contribution in [0, 0.1) is 0 Å². The Morgan fingerprint density at radius 1 is 0.833 bits per heavy atom. The van der Waals surface area contributed by atoms with Gasteiger partial charge < -0.3 is 9.80 Å². The van der Waals surface area contributed by atoms with E-state index in [1.807, 2.05) is 27.7 Å². The van der Waals surface area contributed by atoms with Gasteiger partial charge in [0.1, 0.15) is 0 Å². The summed E-state index contributed by atoms with van der Waals surface area (Å²) < 4.78 is 0. The van der Waals surface area contributed by atoms with Crippen molar-refractivity contribution in [2.75, 3.05) is 14.1 Å². The molecular weight excluding hydrogens is 228 g/mol. The van der Waals surface area contributed by atoms with Gasteiger partial charge in [-0.25, -0.2) is 0 Å². The van der Waals surface area contributed by atoms with Gasteiger partial charge >= 0.3 is 0 Å². The fraction of sp³-hybridized carbons (Fsp3) is 0.571. The third-order valence-corrected chi connectivity index (χ3v) is 2.59. The fourth-order valence-electron chi connectivity index (χ4n) is 0.797. The Morgan fingerprint density at radius 3 is 1.11 bits per heavy atom. The summed E-state index contributed by atoms with van der Waals surface area (Å²) in [6.07, 6.45) is 2.64. The first-order valence-corrected chi connectivity index (χ1v) is 5.97. The molecule has 4 nitrogen and oxygen atoms in total. The molecule has 0 bridgehead atoms. The van der Waals surface area contributed by atoms with E-state index in [0.717, 1.165) is 0 Å². The Kier molecular flexibility index (Phi) is 9.86. The monoisotopic (exact) mass is 254 g/mol. The van der Waals surface area contributed by atoms with E-state index in [1.54, 1.807) is 23.9 Å². The summed E-state index contributed by atoms with van der Waals surface area (Å²) in [6, 6.07) is 0.519. The molecule has 0 aliphatic rings. The molecule has 0 saturated heterocycles. The van der Waals surface area contributed by atoms with Crippen LogP contribution in [0.1, 0.15) is 27.7 Å². The van der Waals surface area contributed by atoms with E-state index >= 15 is 0 Å². The molecule has 4 heteroatoms. The third-order valence-electron chi connectivity index (χ3n) is 2.59. The maximum Gasteiger partial charge on any atom is 0.245 e. The average Bonchev–Trinajstić information content (AvgIpc) is 2.35. The van der Waals surface area contributed by atoms with Crippen molar-refractivity contribution in [1.82, 2.24) is 9.80 Å². The lowest BCUT2D eigenvalue weighted by atomic mass is 10.3. The second-order valence-corrected chi connectivity index (χ2v) is 4.49. The number of rotatable bonds is 4. The summed E-state index contributed by atoms with van der Waals surface area (Å²) in [7, 11) is 3.52. The minimum absolute atomic E-state index is 0.0231. The number of carbonyl (C=O) groups excluding carboxylic acids is 2. The van der Waals surface area contributed by atoms with Gasteiger partial charge in [0, 0.05) is 26.2 Å². The highest BCUT2D eigenvalue weighted by Gasteiger charge is 2.06. The third kappa shape index (κ3) is 7.65. The lowest BCUT2D eigenvalue weighted by molar-refractivity contribution is -0.126. The van der Waals surface area contributed by atoms with Crippen molar-refractivity contribution in [3.8, 4) is 0 Å². The number of hydrogen-bond acceptors (Lipinski definition) is 2. The Morgan fingerprint density at radius 2 is 1.06 bits per heavy atom. The molecular formula is C14H26N2O2. The first kappa shape index (κ1) is 18.8. The lowest BCUT2D eigenvalue weighted by Crippen LogP contribution is -2.31. The van der Waals surface area contributed by atoms with Gasteiger partial charge in [0.2, 0.25) is 11.8 Å². The van der Waals surface area contributed by atoms with Gasteiger partial charge in [-0.2, -0.15) is 0 Å². The van der Waals surface area contributed by atoms with Gasteiger partial charge in [0.25, 0.3) is 0 Å². The molecule has 2 amide bonds. The van der Waals surface area contributed by atoms with Crippen molar-refractivity contribution in [1.29, 1.82) is 0 Å². The topological polar surface area (TPSA) is 40.6 Å². The molecule has 0 aromatic heterocycles. The highest BCUT2D eigenvalue weighted by Crippen LogP contribution is 1.94. The SMILES string of the molecule is C=CC(=O)N(C)C(C)C.C=CC(=O)N(C)C(C)C. The summed E-state index contributed by atoms with van der Waals surface area (Å²) in [4.78, 5) is 24.8. The van der Waals surface area contributed by atoms with Crippen LogP contribution in [0.2, 0.25) is 0 Å². The van der Waals surface area contributed by atoms with Crippen LogP contribution in [0.15, 0.2) is 25.3 Å². The van der Waals surface area contributed by atoms with E-state index in [0.29, 0.717) is 0 Å². The molecule has 0 aromatic rings. The number of amides is 2. The molecule has 0 unspecified atom stereocenters. The molecule has 0 heterocycles. The number of likely N-dealkylation sites (N-methyl/N-ethyl adjacent to an activating group) is 2. The van der Waals surface area contributed by atoms with Gasteiger partial charge in [-0.05, 0) is 39.8 Å². The van der Waals surface area contributed by atoms with E-state index in [4.69, 9.17) is 0 Å². The van der Waals surface area contributed by atoms with Crippen molar-refractivity contribution in [2.45, 2.75) is 39.8 Å². The van der Waals surface area contributed by atoms with Gasteiger partial charge in [0.05, 0.1) is 0 Å². The van der Waals surface area contributed by atoms with Crippen molar-refractivity contribution in [3.63, 3.8) is 0 Å². The zero-order valence-electron chi connectivity index (χ0n) is 12.4. The molecule has 104 valence electrons. The minimum Gasteiger partial charge on any atom is -0.340 e. The highest BCUT2D eigenvalue weighted by atomic mass is 16.2. The smallest absolute Gasteiger partial charge is 0.245 e. The van der Waals surface area contributed by atoms with Crippen LogP contribution in [0.3, 0.4) is 0 Å². The van der Waals surface area contributed by atoms with Crippen LogP contribution < -0.4 is 0 Å². The Hall–Kier alpha value is -1.58. The first-order valence-electron chi connectivity index (χ1n) is 5.97. The lowest BCUT2D eigenvalue weighted by Gasteiger charge is -2.18. The van der Waals surface area contributed by atoms with E-state index in [-0.39, 0.29) is 23.9 Å². The van der Waals surface area contributed by atoms with Crippen LogP contribution in [0.4, 0.5) is 0 Å². The largest absolute Gasteiger partial charge is 0.340 e. The Labute approximate surface area is 111 Å². The molecule has 18 heavy (non-hydrogen) atoms. The predicted octanol–water partition coefficient (Wildman–Crippen LogP) is 2.08. The Balaban J connectivity index is 0. The standard InChI is InChI=1S/2C7H13NO/c2*1-5-7(9)8(4)6(2)3/h2*5-6H,1H2,2-4H3.